The molecule has 3 heterocycles. The summed E-state index contributed by atoms with van der Waals surface area (Å²) >= 11 is 0. The fourth-order valence-corrected chi connectivity index (χ4v) is 2.91. The maximum absolute atomic E-state index is 12.5. The number of carbonyl (C=O) groups excluding carboxylic acids is 1. The number of fused-ring (bicyclic) bond motifs is 1. The van der Waals surface area contributed by atoms with E-state index in [1.165, 1.54) is 0 Å². The van der Waals surface area contributed by atoms with Crippen LogP contribution in [0.2, 0.25) is 0 Å². The van der Waals surface area contributed by atoms with Crippen molar-refractivity contribution in [1.82, 2.24) is 20.5 Å². The van der Waals surface area contributed by atoms with E-state index in [1.807, 2.05) is 45.0 Å². The molecule has 0 radical (unpaired) electrons. The van der Waals surface area contributed by atoms with E-state index in [9.17, 15) is 4.79 Å². The van der Waals surface area contributed by atoms with E-state index in [0.29, 0.717) is 18.7 Å². The summed E-state index contributed by atoms with van der Waals surface area (Å²) in [5.74, 6) is 0.708. The molecule has 1 amide bonds. The first kappa shape index (κ1) is 16.4. The molecular formula is C17H23N5O2. The summed E-state index contributed by atoms with van der Waals surface area (Å²) in [5.41, 5.74) is 3.27. The Morgan fingerprint density at radius 2 is 2.21 bits per heavy atom. The summed E-state index contributed by atoms with van der Waals surface area (Å²) < 4.78 is 5.75. The Labute approximate surface area is 141 Å². The second kappa shape index (κ2) is 6.60. The normalized spacial score (nSPS) is 19.7. The lowest BCUT2D eigenvalue weighted by atomic mass is 9.99. The molecule has 0 saturated carbocycles. The number of ether oxygens (including phenoxy) is 1. The molecule has 1 aliphatic heterocycles. The van der Waals surface area contributed by atoms with Gasteiger partial charge in [0.1, 0.15) is 5.82 Å². The molecule has 0 bridgehead atoms. The molecule has 0 spiro atoms. The van der Waals surface area contributed by atoms with Crippen LogP contribution in [0.3, 0.4) is 0 Å². The van der Waals surface area contributed by atoms with E-state index >= 15 is 0 Å². The topological polar surface area (TPSA) is 83.1 Å². The van der Waals surface area contributed by atoms with Gasteiger partial charge in [-0.3, -0.25) is 9.89 Å². The highest BCUT2D eigenvalue weighted by Gasteiger charge is 2.29. The predicted octanol–water partition coefficient (Wildman–Crippen LogP) is 1.82. The zero-order valence-corrected chi connectivity index (χ0v) is 14.5. The Balaban J connectivity index is 1.68. The number of H-pyrrole nitrogens is 1. The van der Waals surface area contributed by atoms with Gasteiger partial charge < -0.3 is 15.0 Å². The van der Waals surface area contributed by atoms with E-state index in [0.717, 1.165) is 22.6 Å². The van der Waals surface area contributed by atoms with Crippen LogP contribution < -0.4 is 10.2 Å². The molecule has 3 rings (SSSR count). The SMILES string of the molecule is C[C@@H]1Cc2c(C(=O)NCc3ccc(N(C)C)nc3)n[nH]c2[C@H](C)O1. The van der Waals surface area contributed by atoms with Crippen molar-refractivity contribution >= 4 is 11.7 Å². The fourth-order valence-electron chi connectivity index (χ4n) is 2.91. The van der Waals surface area contributed by atoms with E-state index in [-0.39, 0.29) is 18.1 Å². The molecule has 2 aromatic heterocycles. The summed E-state index contributed by atoms with van der Waals surface area (Å²) in [6.45, 7) is 4.39. The van der Waals surface area contributed by atoms with Crippen LogP contribution in [0.4, 0.5) is 5.82 Å². The smallest absolute Gasteiger partial charge is 0.272 e. The van der Waals surface area contributed by atoms with Crippen LogP contribution in [0.5, 0.6) is 0 Å². The Morgan fingerprint density at radius 3 is 2.88 bits per heavy atom. The van der Waals surface area contributed by atoms with Crippen molar-refractivity contribution in [2.24, 2.45) is 0 Å². The highest BCUT2D eigenvalue weighted by molar-refractivity contribution is 5.94. The van der Waals surface area contributed by atoms with Crippen molar-refractivity contribution in [3.05, 3.63) is 40.8 Å². The molecule has 7 heteroatoms. The summed E-state index contributed by atoms with van der Waals surface area (Å²) in [7, 11) is 3.88. The summed E-state index contributed by atoms with van der Waals surface area (Å²) in [4.78, 5) is 18.8. The third-order valence-electron chi connectivity index (χ3n) is 4.17. The molecule has 2 N–H and O–H groups in total. The third kappa shape index (κ3) is 3.26. The van der Waals surface area contributed by atoms with Crippen LogP contribution in [0.1, 0.15) is 47.3 Å². The maximum atomic E-state index is 12.5. The number of hydrogen-bond acceptors (Lipinski definition) is 5. The molecule has 0 unspecified atom stereocenters. The van der Waals surface area contributed by atoms with Crippen LogP contribution in [0, 0.1) is 0 Å². The highest BCUT2D eigenvalue weighted by Crippen LogP contribution is 2.30. The fraction of sp³-hybridized carbons (Fsp3) is 0.471. The average molecular weight is 329 g/mol. The summed E-state index contributed by atoms with van der Waals surface area (Å²) in [6.07, 6.45) is 2.48. The molecule has 24 heavy (non-hydrogen) atoms. The second-order valence-electron chi connectivity index (χ2n) is 6.36. The van der Waals surface area contributed by atoms with Crippen molar-refractivity contribution in [2.75, 3.05) is 19.0 Å². The van der Waals surface area contributed by atoms with Crippen LogP contribution in [0.15, 0.2) is 18.3 Å². The number of aromatic amines is 1. The lowest BCUT2D eigenvalue weighted by Gasteiger charge is -2.25. The third-order valence-corrected chi connectivity index (χ3v) is 4.17. The van der Waals surface area contributed by atoms with Crippen LogP contribution in [-0.2, 0) is 17.7 Å². The molecule has 0 saturated heterocycles. The quantitative estimate of drug-likeness (QED) is 0.894. The van der Waals surface area contributed by atoms with Gasteiger partial charge in [0.05, 0.1) is 17.9 Å². The molecule has 0 fully saturated rings. The van der Waals surface area contributed by atoms with Gasteiger partial charge in [-0.15, -0.1) is 0 Å². The minimum atomic E-state index is -0.175. The summed E-state index contributed by atoms with van der Waals surface area (Å²) in [5, 5.41) is 10.0. The first-order chi connectivity index (χ1) is 11.5. The van der Waals surface area contributed by atoms with Crippen LogP contribution in [0.25, 0.3) is 0 Å². The van der Waals surface area contributed by atoms with Crippen LogP contribution in [-0.4, -0.2) is 41.3 Å². The molecule has 128 valence electrons. The van der Waals surface area contributed by atoms with Crippen molar-refractivity contribution in [1.29, 1.82) is 0 Å². The van der Waals surface area contributed by atoms with Gasteiger partial charge >= 0.3 is 0 Å². The number of rotatable bonds is 4. The molecule has 2 atom stereocenters. The van der Waals surface area contributed by atoms with Crippen molar-refractivity contribution in [3.8, 4) is 0 Å². The predicted molar refractivity (Wildman–Crippen MR) is 91.0 cm³/mol. The number of aromatic nitrogens is 3. The monoisotopic (exact) mass is 329 g/mol. The molecule has 2 aromatic rings. The number of amides is 1. The Hall–Kier alpha value is -2.41. The van der Waals surface area contributed by atoms with Gasteiger partial charge in [-0.2, -0.15) is 5.10 Å². The van der Waals surface area contributed by atoms with Crippen LogP contribution >= 0.6 is 0 Å². The lowest BCUT2D eigenvalue weighted by Crippen LogP contribution is -2.27. The molecule has 1 aliphatic rings. The zero-order valence-electron chi connectivity index (χ0n) is 14.5. The van der Waals surface area contributed by atoms with Crippen molar-refractivity contribution in [3.63, 3.8) is 0 Å². The van der Waals surface area contributed by atoms with Gasteiger partial charge in [-0.1, -0.05) is 6.07 Å². The Bertz CT molecular complexity index is 723. The van der Waals surface area contributed by atoms with Gasteiger partial charge in [0.25, 0.3) is 5.91 Å². The van der Waals surface area contributed by atoms with Gasteiger partial charge in [0.2, 0.25) is 0 Å². The number of carbonyl (C=O) groups is 1. The highest BCUT2D eigenvalue weighted by atomic mass is 16.5. The number of nitrogens with one attached hydrogen (secondary N) is 2. The van der Waals surface area contributed by atoms with E-state index in [1.54, 1.807) is 6.20 Å². The number of hydrogen-bond donors (Lipinski definition) is 2. The molecular weight excluding hydrogens is 306 g/mol. The zero-order chi connectivity index (χ0) is 17.3. The van der Waals surface area contributed by atoms with E-state index in [4.69, 9.17) is 4.74 Å². The van der Waals surface area contributed by atoms with E-state index in [2.05, 4.69) is 20.5 Å². The first-order valence-electron chi connectivity index (χ1n) is 8.08. The Morgan fingerprint density at radius 1 is 1.42 bits per heavy atom. The standard InChI is InChI=1S/C17H23N5O2/c1-10-7-13-15(11(2)24-10)20-21-16(13)17(23)19-9-12-5-6-14(18-8-12)22(3)4/h5-6,8,10-11H,7,9H2,1-4H3,(H,19,23)(H,20,21)/t10-,11+/m1/s1. The first-order valence-corrected chi connectivity index (χ1v) is 8.08. The van der Waals surface area contributed by atoms with Gasteiger partial charge in [0, 0.05) is 38.8 Å². The molecule has 0 aromatic carbocycles. The number of nitrogens with zero attached hydrogens (tertiary/aromatic N) is 3. The molecule has 0 aliphatic carbocycles. The number of pyridine rings is 1. The minimum Gasteiger partial charge on any atom is -0.369 e. The number of anilines is 1. The second-order valence-corrected chi connectivity index (χ2v) is 6.36. The average Bonchev–Trinajstić information content (AvgIpc) is 2.97. The van der Waals surface area contributed by atoms with Gasteiger partial charge in [-0.05, 0) is 25.5 Å². The van der Waals surface area contributed by atoms with Crippen molar-refractivity contribution < 1.29 is 9.53 Å². The lowest BCUT2D eigenvalue weighted by molar-refractivity contribution is -0.00697. The maximum Gasteiger partial charge on any atom is 0.272 e. The molecule has 7 nitrogen and oxygen atoms in total. The van der Waals surface area contributed by atoms with E-state index < -0.39 is 0 Å². The minimum absolute atomic E-state index is 0.0689. The van der Waals surface area contributed by atoms with Gasteiger partial charge in [0.15, 0.2) is 5.69 Å². The van der Waals surface area contributed by atoms with Crippen molar-refractivity contribution in [2.45, 2.75) is 39.0 Å². The summed E-state index contributed by atoms with van der Waals surface area (Å²) in [6, 6.07) is 3.89. The largest absolute Gasteiger partial charge is 0.369 e. The van der Waals surface area contributed by atoms with Gasteiger partial charge in [-0.25, -0.2) is 4.98 Å². The Kier molecular flexibility index (Phi) is 4.53.